The fraction of sp³-hybridized carbons (Fsp3) is 0.286. The van der Waals surface area contributed by atoms with E-state index in [1.54, 1.807) is 32.5 Å². The summed E-state index contributed by atoms with van der Waals surface area (Å²) >= 11 is 0. The number of hydrogen-bond donors (Lipinski definition) is 1. The van der Waals surface area contributed by atoms with Crippen LogP contribution in [-0.4, -0.2) is 41.2 Å². The van der Waals surface area contributed by atoms with Gasteiger partial charge in [0.15, 0.2) is 5.69 Å². The molecule has 2 rings (SSSR count). The third-order valence-electron chi connectivity index (χ3n) is 2.86. The number of carbonyl (C=O) groups is 1. The molecule has 106 valence electrons. The van der Waals surface area contributed by atoms with Gasteiger partial charge >= 0.3 is 5.97 Å². The zero-order valence-electron chi connectivity index (χ0n) is 11.4. The molecule has 1 heterocycles. The molecule has 0 aliphatic rings. The van der Waals surface area contributed by atoms with Gasteiger partial charge < -0.3 is 14.6 Å². The number of hydrogen-bond acceptors (Lipinski definition) is 4. The lowest BCUT2D eigenvalue weighted by molar-refractivity contribution is 0.0686. The van der Waals surface area contributed by atoms with Gasteiger partial charge in [-0.15, -0.1) is 0 Å². The van der Waals surface area contributed by atoms with Crippen LogP contribution in [0.3, 0.4) is 0 Å². The SMILES string of the molecule is COCCOc1ccc(-c2cnn(C)c2C(=O)O)cc1. The molecular formula is C14H16N2O4. The second-order valence-corrected chi connectivity index (χ2v) is 4.20. The Balaban J connectivity index is 2.20. The van der Waals surface area contributed by atoms with Gasteiger partial charge in [0.2, 0.25) is 0 Å². The first-order valence-corrected chi connectivity index (χ1v) is 6.11. The van der Waals surface area contributed by atoms with Crippen molar-refractivity contribution in [2.24, 2.45) is 7.05 Å². The lowest BCUT2D eigenvalue weighted by Crippen LogP contribution is -2.06. The van der Waals surface area contributed by atoms with Gasteiger partial charge in [-0.1, -0.05) is 12.1 Å². The lowest BCUT2D eigenvalue weighted by Gasteiger charge is -2.06. The first kappa shape index (κ1) is 14.1. The normalized spacial score (nSPS) is 10.5. The maximum Gasteiger partial charge on any atom is 0.354 e. The molecule has 1 aromatic carbocycles. The molecule has 0 aliphatic carbocycles. The average molecular weight is 276 g/mol. The van der Waals surface area contributed by atoms with E-state index in [-0.39, 0.29) is 5.69 Å². The van der Waals surface area contributed by atoms with Gasteiger partial charge in [-0.05, 0) is 17.7 Å². The molecule has 0 saturated carbocycles. The minimum Gasteiger partial charge on any atom is -0.491 e. The maximum absolute atomic E-state index is 11.2. The molecule has 0 amide bonds. The van der Waals surface area contributed by atoms with Gasteiger partial charge in [-0.3, -0.25) is 4.68 Å². The highest BCUT2D eigenvalue weighted by molar-refractivity contribution is 5.94. The van der Waals surface area contributed by atoms with Crippen molar-refractivity contribution in [1.29, 1.82) is 0 Å². The summed E-state index contributed by atoms with van der Waals surface area (Å²) in [4.78, 5) is 11.2. The van der Waals surface area contributed by atoms with Crippen molar-refractivity contribution in [2.45, 2.75) is 0 Å². The molecule has 0 saturated heterocycles. The summed E-state index contributed by atoms with van der Waals surface area (Å²) in [5.41, 5.74) is 1.54. The van der Waals surface area contributed by atoms with Crippen LogP contribution < -0.4 is 4.74 Å². The van der Waals surface area contributed by atoms with E-state index in [1.807, 2.05) is 12.1 Å². The van der Waals surface area contributed by atoms with E-state index in [2.05, 4.69) is 5.10 Å². The third-order valence-corrected chi connectivity index (χ3v) is 2.86. The van der Waals surface area contributed by atoms with Crippen LogP contribution in [0.25, 0.3) is 11.1 Å². The van der Waals surface area contributed by atoms with Crippen LogP contribution in [0, 0.1) is 0 Å². The number of aryl methyl sites for hydroxylation is 1. The molecule has 1 N–H and O–H groups in total. The van der Waals surface area contributed by atoms with E-state index in [0.717, 1.165) is 5.56 Å². The van der Waals surface area contributed by atoms with E-state index in [9.17, 15) is 9.90 Å². The predicted octanol–water partition coefficient (Wildman–Crippen LogP) is 1.81. The maximum atomic E-state index is 11.2. The zero-order valence-corrected chi connectivity index (χ0v) is 11.4. The summed E-state index contributed by atoms with van der Waals surface area (Å²) in [6, 6.07) is 7.21. The Kier molecular flexibility index (Phi) is 4.37. The Morgan fingerprint density at radius 1 is 1.30 bits per heavy atom. The molecule has 1 aromatic heterocycles. The monoisotopic (exact) mass is 276 g/mol. The Morgan fingerprint density at radius 3 is 2.60 bits per heavy atom. The second-order valence-electron chi connectivity index (χ2n) is 4.20. The number of nitrogens with zero attached hydrogens (tertiary/aromatic N) is 2. The minimum absolute atomic E-state index is 0.165. The van der Waals surface area contributed by atoms with Gasteiger partial charge in [0.05, 0.1) is 12.8 Å². The van der Waals surface area contributed by atoms with Crippen LogP contribution in [0.15, 0.2) is 30.5 Å². The Morgan fingerprint density at radius 2 is 2.00 bits per heavy atom. The van der Waals surface area contributed by atoms with Crippen LogP contribution in [-0.2, 0) is 11.8 Å². The average Bonchev–Trinajstić information content (AvgIpc) is 2.82. The molecule has 2 aromatic rings. The fourth-order valence-electron chi connectivity index (χ4n) is 1.88. The number of methoxy groups -OCH3 is 1. The first-order valence-electron chi connectivity index (χ1n) is 6.11. The van der Waals surface area contributed by atoms with Gasteiger partial charge in [-0.2, -0.15) is 5.10 Å². The molecule has 0 aliphatic heterocycles. The topological polar surface area (TPSA) is 73.6 Å². The van der Waals surface area contributed by atoms with Crippen molar-refractivity contribution in [1.82, 2.24) is 9.78 Å². The largest absolute Gasteiger partial charge is 0.491 e. The molecule has 0 bridgehead atoms. The summed E-state index contributed by atoms with van der Waals surface area (Å²) in [5, 5.41) is 13.2. The number of ether oxygens (including phenoxy) is 2. The molecule has 0 radical (unpaired) electrons. The molecule has 0 spiro atoms. The Hall–Kier alpha value is -2.34. The van der Waals surface area contributed by atoms with Crippen molar-refractivity contribution in [2.75, 3.05) is 20.3 Å². The van der Waals surface area contributed by atoms with Crippen LogP contribution in [0.5, 0.6) is 5.75 Å². The summed E-state index contributed by atoms with van der Waals surface area (Å²) < 4.78 is 11.7. The van der Waals surface area contributed by atoms with Crippen molar-refractivity contribution in [3.63, 3.8) is 0 Å². The smallest absolute Gasteiger partial charge is 0.354 e. The van der Waals surface area contributed by atoms with Crippen molar-refractivity contribution in [3.05, 3.63) is 36.2 Å². The zero-order chi connectivity index (χ0) is 14.5. The number of carboxylic acids is 1. The third kappa shape index (κ3) is 2.97. The Bertz CT molecular complexity index is 590. The van der Waals surface area contributed by atoms with Gasteiger partial charge in [0.1, 0.15) is 12.4 Å². The molecule has 0 fully saturated rings. The standard InChI is InChI=1S/C14H16N2O4/c1-16-13(14(17)18)12(9-15-16)10-3-5-11(6-4-10)20-8-7-19-2/h3-6,9H,7-8H2,1-2H3,(H,17,18). The minimum atomic E-state index is -1.000. The molecular weight excluding hydrogens is 260 g/mol. The summed E-state index contributed by atoms with van der Waals surface area (Å²) in [5.74, 6) is -0.285. The predicted molar refractivity (Wildman–Crippen MR) is 73.0 cm³/mol. The van der Waals surface area contributed by atoms with Gasteiger partial charge in [0, 0.05) is 19.7 Å². The van der Waals surface area contributed by atoms with E-state index in [0.29, 0.717) is 24.5 Å². The number of aromatic nitrogens is 2. The first-order chi connectivity index (χ1) is 9.63. The van der Waals surface area contributed by atoms with Crippen LogP contribution in [0.1, 0.15) is 10.5 Å². The Labute approximate surface area is 116 Å². The van der Waals surface area contributed by atoms with E-state index >= 15 is 0 Å². The van der Waals surface area contributed by atoms with Crippen molar-refractivity contribution in [3.8, 4) is 16.9 Å². The van der Waals surface area contributed by atoms with E-state index in [1.165, 1.54) is 4.68 Å². The number of aromatic carboxylic acids is 1. The molecule has 6 nitrogen and oxygen atoms in total. The van der Waals surface area contributed by atoms with Gasteiger partial charge in [-0.25, -0.2) is 4.79 Å². The summed E-state index contributed by atoms with van der Waals surface area (Å²) in [6.45, 7) is 0.997. The molecule has 0 unspecified atom stereocenters. The fourth-order valence-corrected chi connectivity index (χ4v) is 1.88. The van der Waals surface area contributed by atoms with Crippen LogP contribution in [0.2, 0.25) is 0 Å². The highest BCUT2D eigenvalue weighted by Gasteiger charge is 2.16. The number of benzene rings is 1. The lowest BCUT2D eigenvalue weighted by atomic mass is 10.1. The summed E-state index contributed by atoms with van der Waals surface area (Å²) in [6.07, 6.45) is 1.55. The van der Waals surface area contributed by atoms with Crippen molar-refractivity contribution >= 4 is 5.97 Å². The van der Waals surface area contributed by atoms with Crippen LogP contribution >= 0.6 is 0 Å². The van der Waals surface area contributed by atoms with E-state index < -0.39 is 5.97 Å². The van der Waals surface area contributed by atoms with Crippen molar-refractivity contribution < 1.29 is 19.4 Å². The second kappa shape index (κ2) is 6.21. The quantitative estimate of drug-likeness (QED) is 0.814. The van der Waals surface area contributed by atoms with E-state index in [4.69, 9.17) is 9.47 Å². The number of rotatable bonds is 6. The highest BCUT2D eigenvalue weighted by Crippen LogP contribution is 2.25. The highest BCUT2D eigenvalue weighted by atomic mass is 16.5. The van der Waals surface area contributed by atoms with Crippen LogP contribution in [0.4, 0.5) is 0 Å². The molecule has 6 heteroatoms. The number of carboxylic acid groups (broad SMARTS) is 1. The van der Waals surface area contributed by atoms with Gasteiger partial charge in [0.25, 0.3) is 0 Å². The molecule has 20 heavy (non-hydrogen) atoms. The molecule has 0 atom stereocenters. The summed E-state index contributed by atoms with van der Waals surface area (Å²) in [7, 11) is 3.22.